The summed E-state index contributed by atoms with van der Waals surface area (Å²) in [5.41, 5.74) is 1.45. The van der Waals surface area contributed by atoms with Crippen LogP contribution in [0.1, 0.15) is 5.56 Å². The van der Waals surface area contributed by atoms with E-state index in [4.69, 9.17) is 34.8 Å². The van der Waals surface area contributed by atoms with E-state index in [1.165, 1.54) is 0 Å². The predicted molar refractivity (Wildman–Crippen MR) is 75.0 cm³/mol. The van der Waals surface area contributed by atoms with Gasteiger partial charge in [-0.1, -0.05) is 53.0 Å². The molecule has 4 heteroatoms. The van der Waals surface area contributed by atoms with Crippen molar-refractivity contribution < 1.29 is 0 Å². The molecule has 0 N–H and O–H groups in total. The highest BCUT2D eigenvalue weighted by Crippen LogP contribution is 2.24. The van der Waals surface area contributed by atoms with Crippen molar-refractivity contribution in [2.75, 3.05) is 0 Å². The zero-order valence-corrected chi connectivity index (χ0v) is 11.0. The van der Waals surface area contributed by atoms with E-state index >= 15 is 0 Å². The Balaban J connectivity index is 2.37. The molecular formula is C13H8Cl3N. The Labute approximate surface area is 115 Å². The number of halogens is 3. The molecular weight excluding hydrogens is 277 g/mol. The molecule has 0 atom stereocenters. The minimum absolute atomic E-state index is 0.345. The van der Waals surface area contributed by atoms with Crippen molar-refractivity contribution in [2.45, 2.75) is 0 Å². The number of para-hydroxylation sites is 1. The van der Waals surface area contributed by atoms with Crippen LogP contribution in [0, 0.1) is 0 Å². The Morgan fingerprint density at radius 3 is 2.29 bits per heavy atom. The zero-order valence-electron chi connectivity index (χ0n) is 8.70. The van der Waals surface area contributed by atoms with Crippen molar-refractivity contribution >= 4 is 45.7 Å². The van der Waals surface area contributed by atoms with Crippen LogP contribution >= 0.6 is 34.8 Å². The average molecular weight is 285 g/mol. The second-order valence-electron chi connectivity index (χ2n) is 3.36. The van der Waals surface area contributed by atoms with Gasteiger partial charge in [0.15, 0.2) is 0 Å². The lowest BCUT2D eigenvalue weighted by molar-refractivity contribution is 1.52. The summed E-state index contributed by atoms with van der Waals surface area (Å²) in [4.78, 5) is 4.27. The van der Waals surface area contributed by atoms with Crippen LogP contribution < -0.4 is 0 Å². The molecule has 0 amide bonds. The van der Waals surface area contributed by atoms with Gasteiger partial charge in [0.25, 0.3) is 0 Å². The predicted octanol–water partition coefficient (Wildman–Crippen LogP) is 5.31. The van der Waals surface area contributed by atoms with Crippen molar-refractivity contribution in [1.82, 2.24) is 0 Å². The van der Waals surface area contributed by atoms with Crippen molar-refractivity contribution in [1.29, 1.82) is 0 Å². The first-order chi connectivity index (χ1) is 8.16. The molecule has 2 aromatic carbocycles. The molecule has 0 saturated carbocycles. The van der Waals surface area contributed by atoms with E-state index in [0.29, 0.717) is 20.8 Å². The first-order valence-corrected chi connectivity index (χ1v) is 6.05. The van der Waals surface area contributed by atoms with Crippen LogP contribution in [-0.4, -0.2) is 5.17 Å². The molecule has 17 heavy (non-hydrogen) atoms. The molecule has 0 fully saturated rings. The number of hydrogen-bond acceptors (Lipinski definition) is 1. The van der Waals surface area contributed by atoms with E-state index < -0.39 is 0 Å². The van der Waals surface area contributed by atoms with Crippen LogP contribution in [0.15, 0.2) is 53.5 Å². The van der Waals surface area contributed by atoms with E-state index in [0.717, 1.165) is 5.69 Å². The molecule has 0 unspecified atom stereocenters. The van der Waals surface area contributed by atoms with Gasteiger partial charge < -0.3 is 0 Å². The third-order valence-corrected chi connectivity index (χ3v) is 2.97. The Morgan fingerprint density at radius 2 is 1.65 bits per heavy atom. The number of rotatable bonds is 2. The lowest BCUT2D eigenvalue weighted by Crippen LogP contribution is -1.91. The van der Waals surface area contributed by atoms with Crippen LogP contribution in [0.25, 0.3) is 0 Å². The van der Waals surface area contributed by atoms with Crippen molar-refractivity contribution in [3.63, 3.8) is 0 Å². The van der Waals surface area contributed by atoms with Crippen LogP contribution in [0.2, 0.25) is 10.0 Å². The number of aliphatic imine (C=N–C) groups is 1. The largest absolute Gasteiger partial charge is 0.236 e. The van der Waals surface area contributed by atoms with Gasteiger partial charge in [0.1, 0.15) is 5.17 Å². The molecule has 0 bridgehead atoms. The van der Waals surface area contributed by atoms with Crippen LogP contribution in [0.3, 0.4) is 0 Å². The van der Waals surface area contributed by atoms with Gasteiger partial charge in [0, 0.05) is 10.6 Å². The Morgan fingerprint density at radius 1 is 0.941 bits per heavy atom. The molecule has 2 rings (SSSR count). The van der Waals surface area contributed by atoms with Crippen LogP contribution in [0.5, 0.6) is 0 Å². The molecule has 2 aromatic rings. The molecule has 0 aliphatic carbocycles. The van der Waals surface area contributed by atoms with Gasteiger partial charge in [0.05, 0.1) is 10.7 Å². The minimum atomic E-state index is 0.345. The van der Waals surface area contributed by atoms with E-state index in [2.05, 4.69) is 4.99 Å². The summed E-state index contributed by atoms with van der Waals surface area (Å²) < 4.78 is 0. The highest BCUT2D eigenvalue weighted by molar-refractivity contribution is 6.70. The van der Waals surface area contributed by atoms with Gasteiger partial charge in [0.2, 0.25) is 0 Å². The number of benzene rings is 2. The smallest absolute Gasteiger partial charge is 0.138 e. The fourth-order valence-electron chi connectivity index (χ4n) is 1.33. The lowest BCUT2D eigenvalue weighted by Gasteiger charge is -2.02. The summed E-state index contributed by atoms with van der Waals surface area (Å²) in [5, 5.41) is 1.41. The van der Waals surface area contributed by atoms with Crippen LogP contribution in [0.4, 0.5) is 5.69 Å². The number of hydrogen-bond donors (Lipinski definition) is 0. The summed E-state index contributed by atoms with van der Waals surface area (Å²) in [7, 11) is 0. The van der Waals surface area contributed by atoms with Gasteiger partial charge in [-0.3, -0.25) is 0 Å². The Bertz CT molecular complexity index is 550. The number of nitrogens with zero attached hydrogens (tertiary/aromatic N) is 1. The first kappa shape index (κ1) is 12.4. The Hall–Kier alpha value is -1.02. The molecule has 0 saturated heterocycles. The highest BCUT2D eigenvalue weighted by Gasteiger charge is 2.06. The van der Waals surface area contributed by atoms with Gasteiger partial charge in [-0.05, 0) is 30.3 Å². The van der Waals surface area contributed by atoms with E-state index in [9.17, 15) is 0 Å². The van der Waals surface area contributed by atoms with Crippen LogP contribution in [-0.2, 0) is 0 Å². The van der Waals surface area contributed by atoms with Crippen molar-refractivity contribution in [3.8, 4) is 0 Å². The topological polar surface area (TPSA) is 12.4 Å². The third-order valence-electron chi connectivity index (χ3n) is 2.14. The van der Waals surface area contributed by atoms with Crippen molar-refractivity contribution in [2.24, 2.45) is 4.99 Å². The SMILES string of the molecule is ClC(=Nc1ccccc1)c1ccc(Cl)cc1Cl. The summed E-state index contributed by atoms with van der Waals surface area (Å²) in [5.74, 6) is 0. The third kappa shape index (κ3) is 3.22. The second-order valence-corrected chi connectivity index (χ2v) is 4.56. The summed E-state index contributed by atoms with van der Waals surface area (Å²) in [6.45, 7) is 0. The average Bonchev–Trinajstić information content (AvgIpc) is 2.30. The maximum atomic E-state index is 6.12. The van der Waals surface area contributed by atoms with Gasteiger partial charge in [-0.2, -0.15) is 0 Å². The second kappa shape index (κ2) is 5.54. The summed E-state index contributed by atoms with van der Waals surface area (Å²) >= 11 is 18.0. The quantitative estimate of drug-likeness (QED) is 0.663. The van der Waals surface area contributed by atoms with E-state index in [-0.39, 0.29) is 0 Å². The fraction of sp³-hybridized carbons (Fsp3) is 0. The maximum absolute atomic E-state index is 6.12. The highest BCUT2D eigenvalue weighted by atomic mass is 35.5. The molecule has 0 aliphatic heterocycles. The van der Waals surface area contributed by atoms with E-state index in [1.54, 1.807) is 18.2 Å². The summed E-state index contributed by atoms with van der Waals surface area (Å²) in [6.07, 6.45) is 0. The zero-order chi connectivity index (χ0) is 12.3. The molecule has 0 aliphatic rings. The fourth-order valence-corrected chi connectivity index (χ4v) is 2.14. The van der Waals surface area contributed by atoms with Gasteiger partial charge >= 0.3 is 0 Å². The Kier molecular flexibility index (Phi) is 4.06. The van der Waals surface area contributed by atoms with Gasteiger partial charge in [-0.25, -0.2) is 4.99 Å². The maximum Gasteiger partial charge on any atom is 0.138 e. The molecule has 86 valence electrons. The lowest BCUT2D eigenvalue weighted by atomic mass is 10.2. The molecule has 0 heterocycles. The first-order valence-electron chi connectivity index (χ1n) is 4.91. The molecule has 0 spiro atoms. The summed E-state index contributed by atoms with van der Waals surface area (Å²) in [6, 6.07) is 14.6. The molecule has 1 nitrogen and oxygen atoms in total. The van der Waals surface area contributed by atoms with Gasteiger partial charge in [-0.15, -0.1) is 0 Å². The normalized spacial score (nSPS) is 11.6. The van der Waals surface area contributed by atoms with Crippen molar-refractivity contribution in [3.05, 3.63) is 64.1 Å². The molecule has 0 aromatic heterocycles. The minimum Gasteiger partial charge on any atom is -0.236 e. The standard InChI is InChI=1S/C13H8Cl3N/c14-9-6-7-11(12(15)8-9)13(16)17-10-4-2-1-3-5-10/h1-8H. The monoisotopic (exact) mass is 283 g/mol. The van der Waals surface area contributed by atoms with E-state index in [1.807, 2.05) is 30.3 Å². The molecule has 0 radical (unpaired) electrons.